The Morgan fingerprint density at radius 3 is 2.56 bits per heavy atom. The second-order valence-corrected chi connectivity index (χ2v) is 9.29. The average molecular weight is 439 g/mol. The van der Waals surface area contributed by atoms with Crippen LogP contribution in [-0.4, -0.2) is 25.3 Å². The molecule has 170 valence electrons. The van der Waals surface area contributed by atoms with Crippen molar-refractivity contribution in [2.75, 3.05) is 23.4 Å². The Morgan fingerprint density at radius 1 is 1.16 bits per heavy atom. The molecule has 2 aromatic rings. The summed E-state index contributed by atoms with van der Waals surface area (Å²) in [5.74, 6) is 1.89. The number of nitrogens with zero attached hydrogens (tertiary/aromatic N) is 1. The van der Waals surface area contributed by atoms with Crippen LogP contribution in [0, 0.1) is 11.8 Å². The van der Waals surface area contributed by atoms with Crippen LogP contribution in [0.1, 0.15) is 62.9 Å². The molecule has 2 saturated carbocycles. The summed E-state index contributed by atoms with van der Waals surface area (Å²) in [6.07, 6.45) is 3.04. The molecule has 5 nitrogen and oxygen atoms in total. The molecule has 2 fully saturated rings. The number of halogens is 1. The Morgan fingerprint density at radius 2 is 1.91 bits per heavy atom. The lowest BCUT2D eigenvalue weighted by molar-refractivity contribution is 0.108. The summed E-state index contributed by atoms with van der Waals surface area (Å²) >= 11 is 0. The number of benzene rings is 2. The van der Waals surface area contributed by atoms with Gasteiger partial charge >= 0.3 is 6.09 Å². The Bertz CT molecular complexity index is 972. The molecule has 3 aliphatic rings. The number of hydrogen-bond donors (Lipinski definition) is 1. The number of anilines is 2. The topological polar surface area (TPSA) is 50.8 Å². The van der Waals surface area contributed by atoms with Crippen LogP contribution in [0.25, 0.3) is 0 Å². The number of alkyl halides is 1. The highest BCUT2D eigenvalue weighted by molar-refractivity contribution is 5.84. The van der Waals surface area contributed by atoms with Crippen LogP contribution >= 0.6 is 0 Å². The van der Waals surface area contributed by atoms with Gasteiger partial charge in [-0.2, -0.15) is 0 Å². The SMILES string of the molecule is CCOc1ccc2c(c1)N(CC1CC1)C(c1ccc(NC(=O)O[C@H](C)C3CC3)cc1)C2F. The summed E-state index contributed by atoms with van der Waals surface area (Å²) in [5.41, 5.74) is 3.21. The van der Waals surface area contributed by atoms with E-state index in [1.165, 1.54) is 12.8 Å². The Kier molecular flexibility index (Phi) is 5.70. The number of amides is 1. The first-order valence-corrected chi connectivity index (χ1v) is 11.8. The van der Waals surface area contributed by atoms with E-state index in [0.717, 1.165) is 42.0 Å². The van der Waals surface area contributed by atoms with Gasteiger partial charge in [0.1, 0.15) is 11.9 Å². The van der Waals surface area contributed by atoms with Crippen LogP contribution < -0.4 is 15.0 Å². The molecule has 0 radical (unpaired) electrons. The molecule has 0 bridgehead atoms. The highest BCUT2D eigenvalue weighted by Gasteiger charge is 2.42. The van der Waals surface area contributed by atoms with Gasteiger partial charge in [-0.3, -0.25) is 5.32 Å². The number of nitrogens with one attached hydrogen (secondary N) is 1. The normalized spacial score (nSPS) is 22.9. The van der Waals surface area contributed by atoms with Crippen molar-refractivity contribution >= 4 is 17.5 Å². The minimum Gasteiger partial charge on any atom is -0.494 e. The smallest absolute Gasteiger partial charge is 0.411 e. The van der Waals surface area contributed by atoms with Gasteiger partial charge in [-0.25, -0.2) is 9.18 Å². The lowest BCUT2D eigenvalue weighted by atomic mass is 10.00. The number of hydrogen-bond acceptors (Lipinski definition) is 4. The predicted octanol–water partition coefficient (Wildman–Crippen LogP) is 6.41. The summed E-state index contributed by atoms with van der Waals surface area (Å²) in [6, 6.07) is 12.8. The van der Waals surface area contributed by atoms with Crippen molar-refractivity contribution in [3.05, 3.63) is 53.6 Å². The van der Waals surface area contributed by atoms with E-state index in [1.807, 2.05) is 56.3 Å². The van der Waals surface area contributed by atoms with Crippen molar-refractivity contribution in [3.8, 4) is 5.75 Å². The Balaban J connectivity index is 1.33. The largest absolute Gasteiger partial charge is 0.494 e. The van der Waals surface area contributed by atoms with E-state index in [2.05, 4.69) is 10.2 Å². The predicted molar refractivity (Wildman–Crippen MR) is 123 cm³/mol. The summed E-state index contributed by atoms with van der Waals surface area (Å²) in [4.78, 5) is 14.4. The van der Waals surface area contributed by atoms with Crippen molar-refractivity contribution in [2.24, 2.45) is 11.8 Å². The zero-order valence-corrected chi connectivity index (χ0v) is 18.7. The van der Waals surface area contributed by atoms with Crippen LogP contribution in [0.15, 0.2) is 42.5 Å². The van der Waals surface area contributed by atoms with Crippen molar-refractivity contribution in [3.63, 3.8) is 0 Å². The zero-order valence-electron chi connectivity index (χ0n) is 18.7. The molecule has 3 atom stereocenters. The van der Waals surface area contributed by atoms with Gasteiger partial charge in [0.15, 0.2) is 6.17 Å². The first kappa shape index (κ1) is 21.1. The Hall–Kier alpha value is -2.76. The van der Waals surface area contributed by atoms with Gasteiger partial charge in [0.2, 0.25) is 0 Å². The number of rotatable bonds is 8. The summed E-state index contributed by atoms with van der Waals surface area (Å²) < 4.78 is 26.8. The summed E-state index contributed by atoms with van der Waals surface area (Å²) in [7, 11) is 0. The minimum atomic E-state index is -1.11. The van der Waals surface area contributed by atoms with E-state index in [-0.39, 0.29) is 12.1 Å². The second-order valence-electron chi connectivity index (χ2n) is 9.29. The van der Waals surface area contributed by atoms with E-state index in [9.17, 15) is 4.79 Å². The van der Waals surface area contributed by atoms with Crippen LogP contribution in [-0.2, 0) is 4.74 Å². The van der Waals surface area contributed by atoms with E-state index in [1.54, 1.807) is 0 Å². The van der Waals surface area contributed by atoms with Crippen molar-refractivity contribution in [1.82, 2.24) is 0 Å². The standard InChI is InChI=1S/C26H31FN2O3/c1-3-31-21-12-13-22-23(14-21)29(15-17-4-5-17)25(24(22)27)19-8-10-20(11-9-19)28-26(30)32-16(2)18-6-7-18/h8-14,16-18,24-25H,3-7,15H2,1-2H3,(H,28,30)/t16-,24?,25?/m1/s1. The van der Waals surface area contributed by atoms with Gasteiger partial charge < -0.3 is 14.4 Å². The first-order chi connectivity index (χ1) is 15.5. The fraction of sp³-hybridized carbons (Fsp3) is 0.500. The van der Waals surface area contributed by atoms with Gasteiger partial charge in [-0.05, 0) is 75.1 Å². The maximum atomic E-state index is 15.7. The first-order valence-electron chi connectivity index (χ1n) is 11.8. The molecule has 0 spiro atoms. The zero-order chi connectivity index (χ0) is 22.2. The fourth-order valence-corrected chi connectivity index (χ4v) is 4.62. The second kappa shape index (κ2) is 8.64. The van der Waals surface area contributed by atoms with E-state index >= 15 is 4.39 Å². The highest BCUT2D eigenvalue weighted by atomic mass is 19.1. The van der Waals surface area contributed by atoms with Crippen LogP contribution in [0.5, 0.6) is 5.75 Å². The lowest BCUT2D eigenvalue weighted by Gasteiger charge is -2.29. The quantitative estimate of drug-likeness (QED) is 0.517. The molecule has 1 N–H and O–H groups in total. The third kappa shape index (κ3) is 4.41. The van der Waals surface area contributed by atoms with Crippen LogP contribution in [0.3, 0.4) is 0 Å². The molecule has 0 saturated heterocycles. The number of fused-ring (bicyclic) bond motifs is 1. The number of carbonyl (C=O) groups excluding carboxylic acids is 1. The molecule has 2 aromatic carbocycles. The van der Waals surface area contributed by atoms with Gasteiger partial charge in [-0.15, -0.1) is 0 Å². The average Bonchev–Trinajstić information content (AvgIpc) is 3.68. The number of carbonyl (C=O) groups is 1. The molecule has 1 heterocycles. The Labute approximate surface area is 188 Å². The van der Waals surface area contributed by atoms with Crippen LogP contribution in [0.4, 0.5) is 20.6 Å². The molecular weight excluding hydrogens is 407 g/mol. The van der Waals surface area contributed by atoms with Gasteiger partial charge in [0.25, 0.3) is 0 Å². The minimum absolute atomic E-state index is 0.0591. The third-order valence-electron chi connectivity index (χ3n) is 6.76. The molecule has 5 rings (SSSR count). The summed E-state index contributed by atoms with van der Waals surface area (Å²) in [6.45, 7) is 5.32. The summed E-state index contributed by atoms with van der Waals surface area (Å²) in [5, 5.41) is 2.79. The lowest BCUT2D eigenvalue weighted by Crippen LogP contribution is -2.28. The monoisotopic (exact) mass is 438 g/mol. The molecule has 0 aromatic heterocycles. The molecular formula is C26H31FN2O3. The van der Waals surface area contributed by atoms with E-state index in [4.69, 9.17) is 9.47 Å². The van der Waals surface area contributed by atoms with Crippen molar-refractivity contribution < 1.29 is 18.7 Å². The van der Waals surface area contributed by atoms with E-state index < -0.39 is 12.3 Å². The van der Waals surface area contributed by atoms with Gasteiger partial charge in [0, 0.05) is 29.5 Å². The highest BCUT2D eigenvalue weighted by Crippen LogP contribution is 2.52. The van der Waals surface area contributed by atoms with Crippen LogP contribution in [0.2, 0.25) is 0 Å². The maximum absolute atomic E-state index is 15.7. The molecule has 6 heteroatoms. The molecule has 2 unspecified atom stereocenters. The van der Waals surface area contributed by atoms with Gasteiger partial charge in [0.05, 0.1) is 12.6 Å². The maximum Gasteiger partial charge on any atom is 0.411 e. The third-order valence-corrected chi connectivity index (χ3v) is 6.76. The molecule has 2 aliphatic carbocycles. The van der Waals surface area contributed by atoms with Crippen molar-refractivity contribution in [1.29, 1.82) is 0 Å². The van der Waals surface area contributed by atoms with Gasteiger partial charge in [-0.1, -0.05) is 18.2 Å². The van der Waals surface area contributed by atoms with E-state index in [0.29, 0.717) is 24.1 Å². The molecule has 1 aliphatic heterocycles. The molecule has 1 amide bonds. The fourth-order valence-electron chi connectivity index (χ4n) is 4.62. The van der Waals surface area contributed by atoms with Crippen molar-refractivity contribution in [2.45, 2.75) is 57.8 Å². The molecule has 32 heavy (non-hydrogen) atoms. The number of ether oxygens (including phenoxy) is 2.